The number of tetrazole rings is 1. The molecule has 8 nitrogen and oxygen atoms in total. The number of hydrogen-bond donors (Lipinski definition) is 2. The van der Waals surface area contributed by atoms with Crippen LogP contribution < -0.4 is 5.73 Å². The Labute approximate surface area is 179 Å². The standard InChI is InChI=1S/C23H22N8/c1-2-5-21-25-19-12-13-20(24)26-23(19)31(21)14-15-8-10-16(11-9-15)17-6-3-4-7-18(17)22-27-29-30-28-22/h3-4,6-13H,2,5,14H2,1H3,(H2,24,26)(H,27,28,29,30). The van der Waals surface area contributed by atoms with Crippen molar-refractivity contribution >= 4 is 17.0 Å². The van der Waals surface area contributed by atoms with Crippen LogP contribution in [-0.2, 0) is 13.0 Å². The van der Waals surface area contributed by atoms with Crippen LogP contribution in [0.2, 0.25) is 0 Å². The molecule has 5 aromatic rings. The molecule has 0 saturated heterocycles. The molecule has 0 amide bonds. The van der Waals surface area contributed by atoms with Gasteiger partial charge in [-0.15, -0.1) is 5.10 Å². The number of nitrogen functional groups attached to an aromatic ring is 1. The van der Waals surface area contributed by atoms with Crippen molar-refractivity contribution in [1.29, 1.82) is 0 Å². The minimum Gasteiger partial charge on any atom is -0.384 e. The average molecular weight is 410 g/mol. The molecule has 0 aliphatic heterocycles. The van der Waals surface area contributed by atoms with E-state index in [0.717, 1.165) is 46.5 Å². The number of fused-ring (bicyclic) bond motifs is 1. The van der Waals surface area contributed by atoms with E-state index in [9.17, 15) is 0 Å². The van der Waals surface area contributed by atoms with Crippen LogP contribution in [0.5, 0.6) is 0 Å². The summed E-state index contributed by atoms with van der Waals surface area (Å²) in [7, 11) is 0. The third kappa shape index (κ3) is 3.63. The number of rotatable bonds is 6. The Morgan fingerprint density at radius 3 is 2.48 bits per heavy atom. The second-order valence-corrected chi connectivity index (χ2v) is 7.44. The smallest absolute Gasteiger partial charge is 0.180 e. The van der Waals surface area contributed by atoms with Crippen molar-refractivity contribution in [1.82, 2.24) is 35.2 Å². The van der Waals surface area contributed by atoms with Crippen LogP contribution in [0, 0.1) is 0 Å². The molecule has 0 atom stereocenters. The van der Waals surface area contributed by atoms with E-state index < -0.39 is 0 Å². The Hall–Kier alpha value is -4.07. The molecular weight excluding hydrogens is 388 g/mol. The zero-order valence-corrected chi connectivity index (χ0v) is 17.2. The summed E-state index contributed by atoms with van der Waals surface area (Å²) in [5.41, 5.74) is 12.0. The van der Waals surface area contributed by atoms with E-state index in [-0.39, 0.29) is 0 Å². The number of nitrogens with two attached hydrogens (primary N) is 1. The molecule has 0 aliphatic carbocycles. The van der Waals surface area contributed by atoms with Gasteiger partial charge in [-0.05, 0) is 45.7 Å². The van der Waals surface area contributed by atoms with Crippen LogP contribution in [0.15, 0.2) is 60.7 Å². The van der Waals surface area contributed by atoms with E-state index >= 15 is 0 Å². The molecular formula is C23H22N8. The summed E-state index contributed by atoms with van der Waals surface area (Å²) in [6.07, 6.45) is 1.91. The molecule has 0 bridgehead atoms. The van der Waals surface area contributed by atoms with Crippen molar-refractivity contribution < 1.29 is 0 Å². The zero-order valence-electron chi connectivity index (χ0n) is 17.2. The molecule has 154 valence electrons. The predicted molar refractivity (Wildman–Crippen MR) is 120 cm³/mol. The number of anilines is 1. The lowest BCUT2D eigenvalue weighted by atomic mass is 9.98. The fraction of sp³-hybridized carbons (Fsp3) is 0.174. The molecule has 0 unspecified atom stereocenters. The van der Waals surface area contributed by atoms with Crippen molar-refractivity contribution in [2.24, 2.45) is 0 Å². The Kier molecular flexibility index (Phi) is 4.87. The number of H-pyrrole nitrogens is 1. The van der Waals surface area contributed by atoms with Gasteiger partial charge in [0.2, 0.25) is 0 Å². The molecule has 8 heteroatoms. The molecule has 0 aliphatic rings. The lowest BCUT2D eigenvalue weighted by Gasteiger charge is -2.11. The highest BCUT2D eigenvalue weighted by molar-refractivity contribution is 5.80. The summed E-state index contributed by atoms with van der Waals surface area (Å²) in [4.78, 5) is 9.30. The van der Waals surface area contributed by atoms with Crippen LogP contribution in [0.25, 0.3) is 33.7 Å². The zero-order chi connectivity index (χ0) is 21.2. The van der Waals surface area contributed by atoms with Gasteiger partial charge in [0, 0.05) is 12.0 Å². The number of benzene rings is 2. The van der Waals surface area contributed by atoms with Gasteiger partial charge in [0.1, 0.15) is 17.2 Å². The lowest BCUT2D eigenvalue weighted by molar-refractivity contribution is 0.717. The van der Waals surface area contributed by atoms with Crippen molar-refractivity contribution in [3.05, 3.63) is 72.1 Å². The fourth-order valence-corrected chi connectivity index (χ4v) is 3.83. The number of hydrogen-bond acceptors (Lipinski definition) is 6. The van der Waals surface area contributed by atoms with E-state index in [0.29, 0.717) is 18.2 Å². The first-order valence-corrected chi connectivity index (χ1v) is 10.3. The van der Waals surface area contributed by atoms with Crippen molar-refractivity contribution in [3.63, 3.8) is 0 Å². The summed E-state index contributed by atoms with van der Waals surface area (Å²) in [6, 6.07) is 20.3. The Balaban J connectivity index is 1.49. The van der Waals surface area contributed by atoms with Crippen LogP contribution in [-0.4, -0.2) is 35.2 Å². The minimum atomic E-state index is 0.505. The van der Waals surface area contributed by atoms with Crippen LogP contribution >= 0.6 is 0 Å². The number of aromatic amines is 1. The fourth-order valence-electron chi connectivity index (χ4n) is 3.83. The molecule has 31 heavy (non-hydrogen) atoms. The molecule has 3 heterocycles. The summed E-state index contributed by atoms with van der Waals surface area (Å²) in [6.45, 7) is 2.85. The SMILES string of the molecule is CCCc1nc2ccc(N)nc2n1Cc1ccc(-c2ccccc2-c2nnn[nH]2)cc1. The summed E-state index contributed by atoms with van der Waals surface area (Å²) in [5, 5.41) is 14.3. The quantitative estimate of drug-likeness (QED) is 0.440. The van der Waals surface area contributed by atoms with Gasteiger partial charge in [-0.3, -0.25) is 0 Å². The molecule has 0 fully saturated rings. The number of nitrogens with zero attached hydrogens (tertiary/aromatic N) is 6. The van der Waals surface area contributed by atoms with E-state index in [2.05, 4.69) is 67.4 Å². The first kappa shape index (κ1) is 18.9. The van der Waals surface area contributed by atoms with Gasteiger partial charge in [0.15, 0.2) is 11.5 Å². The first-order chi connectivity index (χ1) is 15.2. The third-order valence-corrected chi connectivity index (χ3v) is 5.30. The van der Waals surface area contributed by atoms with Crippen molar-refractivity contribution in [2.45, 2.75) is 26.3 Å². The summed E-state index contributed by atoms with van der Waals surface area (Å²) in [5.74, 6) is 2.19. The van der Waals surface area contributed by atoms with Crippen LogP contribution in [0.4, 0.5) is 5.82 Å². The molecule has 0 spiro atoms. The summed E-state index contributed by atoms with van der Waals surface area (Å²) >= 11 is 0. The Bertz CT molecular complexity index is 1320. The van der Waals surface area contributed by atoms with Crippen LogP contribution in [0.3, 0.4) is 0 Å². The lowest BCUT2D eigenvalue weighted by Crippen LogP contribution is -2.06. The normalized spacial score (nSPS) is 11.3. The number of nitrogens with one attached hydrogen (secondary N) is 1. The van der Waals surface area contributed by atoms with Gasteiger partial charge in [-0.2, -0.15) is 0 Å². The minimum absolute atomic E-state index is 0.505. The van der Waals surface area contributed by atoms with Gasteiger partial charge >= 0.3 is 0 Å². The molecule has 0 radical (unpaired) electrons. The van der Waals surface area contributed by atoms with E-state index in [1.54, 1.807) is 6.07 Å². The number of imidazole rings is 1. The summed E-state index contributed by atoms with van der Waals surface area (Å²) < 4.78 is 2.17. The molecule has 3 N–H and O–H groups in total. The number of aryl methyl sites for hydroxylation is 1. The highest BCUT2D eigenvalue weighted by atomic mass is 15.5. The third-order valence-electron chi connectivity index (χ3n) is 5.30. The maximum atomic E-state index is 5.94. The van der Waals surface area contributed by atoms with E-state index in [1.165, 1.54) is 5.56 Å². The number of pyridine rings is 1. The maximum absolute atomic E-state index is 5.94. The predicted octanol–water partition coefficient (Wildman–Crippen LogP) is 3.86. The van der Waals surface area contributed by atoms with E-state index in [1.807, 2.05) is 24.3 Å². The van der Waals surface area contributed by atoms with Gasteiger partial charge in [0.05, 0.1) is 6.54 Å². The highest BCUT2D eigenvalue weighted by Crippen LogP contribution is 2.30. The van der Waals surface area contributed by atoms with Gasteiger partial charge < -0.3 is 10.3 Å². The van der Waals surface area contributed by atoms with Crippen LogP contribution in [0.1, 0.15) is 24.7 Å². The van der Waals surface area contributed by atoms with E-state index in [4.69, 9.17) is 10.7 Å². The monoisotopic (exact) mass is 410 g/mol. The molecule has 3 aromatic heterocycles. The molecule has 0 saturated carbocycles. The average Bonchev–Trinajstić information content (AvgIpc) is 3.44. The topological polar surface area (TPSA) is 111 Å². The molecule has 5 rings (SSSR count). The van der Waals surface area contributed by atoms with Gasteiger partial charge in [-0.1, -0.05) is 55.5 Å². The van der Waals surface area contributed by atoms with Gasteiger partial charge in [0.25, 0.3) is 0 Å². The molecule has 2 aromatic carbocycles. The Morgan fingerprint density at radius 1 is 0.935 bits per heavy atom. The second-order valence-electron chi connectivity index (χ2n) is 7.44. The highest BCUT2D eigenvalue weighted by Gasteiger charge is 2.13. The Morgan fingerprint density at radius 2 is 1.74 bits per heavy atom. The second kappa shape index (κ2) is 7.98. The first-order valence-electron chi connectivity index (χ1n) is 10.3. The maximum Gasteiger partial charge on any atom is 0.180 e. The van der Waals surface area contributed by atoms with Gasteiger partial charge in [-0.25, -0.2) is 15.1 Å². The van der Waals surface area contributed by atoms with Crippen molar-refractivity contribution in [3.8, 4) is 22.5 Å². The largest absolute Gasteiger partial charge is 0.384 e. The van der Waals surface area contributed by atoms with Crippen molar-refractivity contribution in [2.75, 3.05) is 5.73 Å². The number of aromatic nitrogens is 7.